The summed E-state index contributed by atoms with van der Waals surface area (Å²) in [6.45, 7) is 5.99. The molecule has 0 saturated heterocycles. The number of guanidine groups is 1. The van der Waals surface area contributed by atoms with E-state index in [9.17, 15) is 0 Å². The van der Waals surface area contributed by atoms with Crippen molar-refractivity contribution in [3.63, 3.8) is 0 Å². The van der Waals surface area contributed by atoms with Crippen molar-refractivity contribution in [3.05, 3.63) is 18.5 Å². The van der Waals surface area contributed by atoms with Gasteiger partial charge in [-0.15, -0.1) is 0 Å². The first kappa shape index (κ1) is 14.5. The first-order valence-corrected chi connectivity index (χ1v) is 6.36. The Hall–Kier alpha value is -1.56. The van der Waals surface area contributed by atoms with Crippen LogP contribution in [0.5, 0.6) is 0 Å². The first-order chi connectivity index (χ1) is 8.86. The van der Waals surface area contributed by atoms with E-state index in [1.165, 1.54) is 0 Å². The van der Waals surface area contributed by atoms with Crippen molar-refractivity contribution in [1.82, 2.24) is 20.4 Å². The van der Waals surface area contributed by atoms with Gasteiger partial charge in [-0.1, -0.05) is 0 Å². The van der Waals surface area contributed by atoms with Gasteiger partial charge in [-0.25, -0.2) is 0 Å². The Kier molecular flexibility index (Phi) is 7.63. The molecule has 0 fully saturated rings. The lowest BCUT2D eigenvalue weighted by molar-refractivity contribution is 0.152. The Morgan fingerprint density at radius 2 is 2.22 bits per heavy atom. The molecule has 0 aliphatic heterocycles. The summed E-state index contributed by atoms with van der Waals surface area (Å²) >= 11 is 0. The molecule has 1 rings (SSSR count). The minimum absolute atomic E-state index is 0.699. The average Bonchev–Trinajstić information content (AvgIpc) is 2.90. The quantitative estimate of drug-likeness (QED) is 0.402. The molecular weight excluding hydrogens is 230 g/mol. The highest BCUT2D eigenvalue weighted by atomic mass is 16.5. The van der Waals surface area contributed by atoms with Crippen LogP contribution in [0.15, 0.2) is 23.5 Å². The summed E-state index contributed by atoms with van der Waals surface area (Å²) in [5, 5.41) is 10.6. The number of aryl methyl sites for hydroxylation is 1. The molecule has 0 unspecified atom stereocenters. The zero-order valence-electron chi connectivity index (χ0n) is 11.2. The molecule has 0 aliphatic carbocycles. The number of nitrogens with zero attached hydrogens (tertiary/aromatic N) is 3. The summed E-state index contributed by atoms with van der Waals surface area (Å²) in [5.41, 5.74) is 0. The van der Waals surface area contributed by atoms with Gasteiger partial charge in [0.05, 0.1) is 6.61 Å². The minimum atomic E-state index is 0.699. The summed E-state index contributed by atoms with van der Waals surface area (Å²) in [7, 11) is 1.77. The van der Waals surface area contributed by atoms with Crippen molar-refractivity contribution in [2.75, 3.05) is 33.4 Å². The number of aromatic nitrogens is 2. The van der Waals surface area contributed by atoms with Crippen LogP contribution in [0, 0.1) is 0 Å². The summed E-state index contributed by atoms with van der Waals surface area (Å²) in [4.78, 5) is 4.14. The summed E-state index contributed by atoms with van der Waals surface area (Å²) < 4.78 is 7.17. The van der Waals surface area contributed by atoms with Gasteiger partial charge in [0, 0.05) is 45.7 Å². The van der Waals surface area contributed by atoms with E-state index in [-0.39, 0.29) is 0 Å². The standard InChI is InChI=1S/C12H23N5O/c1-3-18-11-8-15-12(13-2)14-6-4-9-17-10-5-7-16-17/h5,7,10H,3-4,6,8-9,11H2,1-2H3,(H2,13,14,15). The maximum Gasteiger partial charge on any atom is 0.191 e. The van der Waals surface area contributed by atoms with Crippen molar-refractivity contribution in [2.24, 2.45) is 4.99 Å². The lowest BCUT2D eigenvalue weighted by Gasteiger charge is -2.11. The van der Waals surface area contributed by atoms with Gasteiger partial charge in [-0.3, -0.25) is 9.67 Å². The molecule has 0 atom stereocenters. The Morgan fingerprint density at radius 3 is 2.89 bits per heavy atom. The fourth-order valence-electron chi connectivity index (χ4n) is 1.49. The van der Waals surface area contributed by atoms with Gasteiger partial charge in [-0.2, -0.15) is 5.10 Å². The van der Waals surface area contributed by atoms with E-state index >= 15 is 0 Å². The average molecular weight is 253 g/mol. The normalized spacial score (nSPS) is 11.6. The molecule has 0 aliphatic rings. The largest absolute Gasteiger partial charge is 0.380 e. The van der Waals surface area contributed by atoms with Crippen LogP contribution in [0.1, 0.15) is 13.3 Å². The third kappa shape index (κ3) is 6.24. The Bertz CT molecular complexity index is 323. The van der Waals surface area contributed by atoms with Gasteiger partial charge < -0.3 is 15.4 Å². The molecule has 0 aromatic carbocycles. The predicted octanol–water partition coefficient (Wildman–Crippen LogP) is 0.475. The monoisotopic (exact) mass is 253 g/mol. The van der Waals surface area contributed by atoms with Crippen LogP contribution in [0.3, 0.4) is 0 Å². The highest BCUT2D eigenvalue weighted by Crippen LogP contribution is 1.87. The second-order valence-corrected chi connectivity index (χ2v) is 3.75. The summed E-state index contributed by atoms with van der Waals surface area (Å²) in [6, 6.07) is 1.93. The second-order valence-electron chi connectivity index (χ2n) is 3.75. The van der Waals surface area contributed by atoms with Crippen LogP contribution in [0.4, 0.5) is 0 Å². The SMILES string of the molecule is CCOCCNC(=NC)NCCCn1cccn1. The Labute approximate surface area is 108 Å². The van der Waals surface area contributed by atoms with E-state index in [1.54, 1.807) is 13.2 Å². The van der Waals surface area contributed by atoms with Gasteiger partial charge in [0.25, 0.3) is 0 Å². The molecule has 6 heteroatoms. The van der Waals surface area contributed by atoms with E-state index in [4.69, 9.17) is 4.74 Å². The van der Waals surface area contributed by atoms with Crippen LogP contribution >= 0.6 is 0 Å². The van der Waals surface area contributed by atoms with Gasteiger partial charge in [0.2, 0.25) is 0 Å². The van der Waals surface area contributed by atoms with E-state index < -0.39 is 0 Å². The zero-order chi connectivity index (χ0) is 13.1. The zero-order valence-corrected chi connectivity index (χ0v) is 11.2. The molecule has 0 radical (unpaired) electrons. The van der Waals surface area contributed by atoms with Crippen molar-refractivity contribution in [2.45, 2.75) is 19.9 Å². The molecule has 0 amide bonds. The Morgan fingerprint density at radius 1 is 1.39 bits per heavy atom. The fraction of sp³-hybridized carbons (Fsp3) is 0.667. The molecule has 0 bridgehead atoms. The van der Waals surface area contributed by atoms with Gasteiger partial charge >= 0.3 is 0 Å². The van der Waals surface area contributed by atoms with Gasteiger partial charge in [-0.05, 0) is 19.4 Å². The Balaban J connectivity index is 2.05. The smallest absolute Gasteiger partial charge is 0.191 e. The number of aliphatic imine (C=N–C) groups is 1. The van der Waals surface area contributed by atoms with Crippen LogP contribution in [0.2, 0.25) is 0 Å². The van der Waals surface area contributed by atoms with Crippen molar-refractivity contribution in [3.8, 4) is 0 Å². The topological polar surface area (TPSA) is 63.5 Å². The van der Waals surface area contributed by atoms with E-state index in [1.807, 2.05) is 23.9 Å². The third-order valence-corrected chi connectivity index (χ3v) is 2.38. The second kappa shape index (κ2) is 9.47. The van der Waals surface area contributed by atoms with Crippen LogP contribution in [-0.2, 0) is 11.3 Å². The lowest BCUT2D eigenvalue weighted by atomic mass is 10.4. The van der Waals surface area contributed by atoms with E-state index in [0.717, 1.165) is 38.6 Å². The number of ether oxygens (including phenoxy) is 1. The van der Waals surface area contributed by atoms with Crippen molar-refractivity contribution >= 4 is 5.96 Å². The number of hydrogen-bond acceptors (Lipinski definition) is 3. The van der Waals surface area contributed by atoms with Crippen molar-refractivity contribution in [1.29, 1.82) is 0 Å². The number of nitrogens with one attached hydrogen (secondary N) is 2. The third-order valence-electron chi connectivity index (χ3n) is 2.38. The highest BCUT2D eigenvalue weighted by molar-refractivity contribution is 5.79. The van der Waals surface area contributed by atoms with Gasteiger partial charge in [0.15, 0.2) is 5.96 Å². The maximum absolute atomic E-state index is 5.25. The van der Waals surface area contributed by atoms with Crippen LogP contribution < -0.4 is 10.6 Å². The first-order valence-electron chi connectivity index (χ1n) is 6.36. The number of hydrogen-bond donors (Lipinski definition) is 2. The van der Waals surface area contributed by atoms with Crippen molar-refractivity contribution < 1.29 is 4.74 Å². The summed E-state index contributed by atoms with van der Waals surface area (Å²) in [6.07, 6.45) is 4.77. The molecule has 0 spiro atoms. The highest BCUT2D eigenvalue weighted by Gasteiger charge is 1.96. The molecule has 1 aromatic heterocycles. The number of rotatable bonds is 8. The van der Waals surface area contributed by atoms with Crippen LogP contribution in [0.25, 0.3) is 0 Å². The molecule has 1 aromatic rings. The molecular formula is C12H23N5O. The van der Waals surface area contributed by atoms with E-state index in [2.05, 4.69) is 20.7 Å². The lowest BCUT2D eigenvalue weighted by Crippen LogP contribution is -2.39. The van der Waals surface area contributed by atoms with Crippen LogP contribution in [-0.4, -0.2) is 49.1 Å². The predicted molar refractivity (Wildman–Crippen MR) is 72.7 cm³/mol. The molecule has 102 valence electrons. The maximum atomic E-state index is 5.25. The fourth-order valence-corrected chi connectivity index (χ4v) is 1.49. The molecule has 6 nitrogen and oxygen atoms in total. The molecule has 2 N–H and O–H groups in total. The summed E-state index contributed by atoms with van der Waals surface area (Å²) in [5.74, 6) is 0.815. The van der Waals surface area contributed by atoms with Gasteiger partial charge in [0.1, 0.15) is 0 Å². The minimum Gasteiger partial charge on any atom is -0.380 e. The molecule has 0 saturated carbocycles. The van der Waals surface area contributed by atoms with E-state index in [0.29, 0.717) is 6.61 Å². The molecule has 18 heavy (non-hydrogen) atoms. The molecule has 1 heterocycles.